The van der Waals surface area contributed by atoms with Crippen molar-refractivity contribution in [3.05, 3.63) is 107 Å². The Morgan fingerprint density at radius 3 is 1.97 bits per heavy atom. The van der Waals surface area contributed by atoms with Gasteiger partial charge >= 0.3 is 0 Å². The summed E-state index contributed by atoms with van der Waals surface area (Å²) in [6.45, 7) is 5.40. The summed E-state index contributed by atoms with van der Waals surface area (Å²) in [6, 6.07) is 30.4. The maximum Gasteiger partial charge on any atom is 0.254 e. The van der Waals surface area contributed by atoms with Crippen LogP contribution in [0.5, 0.6) is 0 Å². The Labute approximate surface area is 212 Å². The van der Waals surface area contributed by atoms with E-state index in [0.29, 0.717) is 17.9 Å². The molecule has 35 heavy (non-hydrogen) atoms. The van der Waals surface area contributed by atoms with E-state index in [2.05, 4.69) is 85.5 Å². The molecule has 0 aliphatic carbocycles. The number of rotatable bonds is 13. The molecule has 1 aliphatic rings. The molecule has 2 unspecified atom stereocenters. The van der Waals surface area contributed by atoms with Crippen molar-refractivity contribution in [2.24, 2.45) is 5.92 Å². The van der Waals surface area contributed by atoms with Crippen LogP contribution < -0.4 is 0 Å². The zero-order valence-corrected chi connectivity index (χ0v) is 21.5. The summed E-state index contributed by atoms with van der Waals surface area (Å²) in [5.41, 5.74) is 4.95. The molecule has 2 atom stereocenters. The highest BCUT2D eigenvalue weighted by Gasteiger charge is 2.32. The first-order valence-corrected chi connectivity index (χ1v) is 13.7. The summed E-state index contributed by atoms with van der Waals surface area (Å²) < 4.78 is 0. The predicted molar refractivity (Wildman–Crippen MR) is 147 cm³/mol. The van der Waals surface area contributed by atoms with Crippen LogP contribution in [-0.2, 0) is 6.54 Å². The van der Waals surface area contributed by atoms with Gasteiger partial charge in [0.05, 0.1) is 0 Å². The normalized spacial score (nSPS) is 14.8. The minimum Gasteiger partial charge on any atom is -0.331 e. The van der Waals surface area contributed by atoms with Gasteiger partial charge in [-0.25, -0.2) is 0 Å². The molecule has 0 saturated carbocycles. The molecule has 0 saturated heterocycles. The zero-order valence-electron chi connectivity index (χ0n) is 21.5. The van der Waals surface area contributed by atoms with Crippen LogP contribution in [0.4, 0.5) is 0 Å². The Hall–Kier alpha value is -2.87. The lowest BCUT2D eigenvalue weighted by atomic mass is 9.86. The van der Waals surface area contributed by atoms with E-state index in [4.69, 9.17) is 0 Å². The second-order valence-corrected chi connectivity index (χ2v) is 10.4. The van der Waals surface area contributed by atoms with Gasteiger partial charge in [0.2, 0.25) is 0 Å². The number of nitrogens with zero attached hydrogens (tertiary/aromatic N) is 1. The first-order valence-electron chi connectivity index (χ1n) is 13.7. The molecule has 0 N–H and O–H groups in total. The van der Waals surface area contributed by atoms with Crippen molar-refractivity contribution < 1.29 is 4.79 Å². The smallest absolute Gasteiger partial charge is 0.254 e. The van der Waals surface area contributed by atoms with Crippen LogP contribution in [0.3, 0.4) is 0 Å². The Bertz CT molecular complexity index is 1010. The van der Waals surface area contributed by atoms with Crippen LogP contribution in [0.15, 0.2) is 84.9 Å². The quantitative estimate of drug-likeness (QED) is 0.230. The predicted octanol–water partition coefficient (Wildman–Crippen LogP) is 8.62. The molecule has 0 aromatic heterocycles. The molecule has 1 aliphatic heterocycles. The summed E-state index contributed by atoms with van der Waals surface area (Å²) in [5, 5.41) is 0. The number of carbonyl (C=O) groups excluding carboxylic acids is 1. The molecule has 0 fully saturated rings. The Balaban J connectivity index is 1.25. The third kappa shape index (κ3) is 6.63. The van der Waals surface area contributed by atoms with E-state index >= 15 is 0 Å². The van der Waals surface area contributed by atoms with Gasteiger partial charge in [-0.05, 0) is 47.9 Å². The summed E-state index contributed by atoms with van der Waals surface area (Å²) in [7, 11) is 0. The third-order valence-electron chi connectivity index (χ3n) is 7.68. The van der Waals surface area contributed by atoms with Gasteiger partial charge in [-0.2, -0.15) is 0 Å². The summed E-state index contributed by atoms with van der Waals surface area (Å²) in [6.07, 6.45) is 9.57. The van der Waals surface area contributed by atoms with E-state index in [0.717, 1.165) is 31.4 Å². The fourth-order valence-electron chi connectivity index (χ4n) is 5.80. The van der Waals surface area contributed by atoms with Crippen LogP contribution in [0.2, 0.25) is 0 Å². The standard InChI is InChI=1S/C33H41NO/c1-3-15-30(34-25-29-21-13-14-23-32(29)33(34)35)24-26(2)16-7-4-12-22-31(27-17-8-5-9-18-27)28-19-10-6-11-20-28/h5-6,8-11,13-14,17-21,23,26,30-31H,3-4,7,12,15-16,22,24-25H2,1-2H3. The highest BCUT2D eigenvalue weighted by Crippen LogP contribution is 2.32. The molecule has 1 amide bonds. The number of unbranched alkanes of at least 4 members (excludes halogenated alkanes) is 2. The molecule has 2 nitrogen and oxygen atoms in total. The van der Waals surface area contributed by atoms with Gasteiger partial charge < -0.3 is 4.90 Å². The molecule has 0 bridgehead atoms. The minimum absolute atomic E-state index is 0.235. The lowest BCUT2D eigenvalue weighted by Crippen LogP contribution is -2.36. The Morgan fingerprint density at radius 1 is 0.743 bits per heavy atom. The van der Waals surface area contributed by atoms with Crippen molar-refractivity contribution >= 4 is 5.91 Å². The van der Waals surface area contributed by atoms with E-state index in [1.54, 1.807) is 0 Å². The van der Waals surface area contributed by atoms with Gasteiger partial charge in [0.25, 0.3) is 5.91 Å². The first-order chi connectivity index (χ1) is 17.2. The first kappa shape index (κ1) is 25.2. The summed E-state index contributed by atoms with van der Waals surface area (Å²) >= 11 is 0. The molecule has 2 heteroatoms. The topological polar surface area (TPSA) is 20.3 Å². The highest BCUT2D eigenvalue weighted by molar-refractivity contribution is 5.98. The van der Waals surface area contributed by atoms with Crippen molar-refractivity contribution in [1.82, 2.24) is 4.90 Å². The van der Waals surface area contributed by atoms with Gasteiger partial charge in [-0.1, -0.05) is 125 Å². The van der Waals surface area contributed by atoms with Gasteiger partial charge in [-0.15, -0.1) is 0 Å². The molecule has 184 valence electrons. The van der Waals surface area contributed by atoms with Gasteiger partial charge in [0, 0.05) is 24.1 Å². The van der Waals surface area contributed by atoms with Gasteiger partial charge in [-0.3, -0.25) is 4.79 Å². The number of hydrogen-bond acceptors (Lipinski definition) is 1. The summed E-state index contributed by atoms with van der Waals surface area (Å²) in [5.74, 6) is 1.35. The average molecular weight is 468 g/mol. The number of amides is 1. The molecular formula is C33H41NO. The highest BCUT2D eigenvalue weighted by atomic mass is 16.2. The third-order valence-corrected chi connectivity index (χ3v) is 7.68. The van der Waals surface area contributed by atoms with Crippen LogP contribution >= 0.6 is 0 Å². The fraction of sp³-hybridized carbons (Fsp3) is 0.424. The SMILES string of the molecule is CCCC(CC(C)CCCCCC(c1ccccc1)c1ccccc1)N1Cc2ccccc2C1=O. The second-order valence-electron chi connectivity index (χ2n) is 10.4. The van der Waals surface area contributed by atoms with Gasteiger partial charge in [0.15, 0.2) is 0 Å². The largest absolute Gasteiger partial charge is 0.331 e. The van der Waals surface area contributed by atoms with Crippen LogP contribution in [0, 0.1) is 5.92 Å². The van der Waals surface area contributed by atoms with E-state index < -0.39 is 0 Å². The van der Waals surface area contributed by atoms with Gasteiger partial charge in [0.1, 0.15) is 0 Å². The van der Waals surface area contributed by atoms with Crippen LogP contribution in [0.1, 0.15) is 98.2 Å². The fourth-order valence-corrected chi connectivity index (χ4v) is 5.80. The summed E-state index contributed by atoms with van der Waals surface area (Å²) in [4.78, 5) is 15.2. The van der Waals surface area contributed by atoms with Crippen LogP contribution in [0.25, 0.3) is 0 Å². The van der Waals surface area contributed by atoms with Crippen molar-refractivity contribution in [3.63, 3.8) is 0 Å². The monoisotopic (exact) mass is 467 g/mol. The molecule has 4 rings (SSSR count). The van der Waals surface area contributed by atoms with E-state index in [1.165, 1.54) is 48.8 Å². The number of carbonyl (C=O) groups is 1. The molecule has 0 spiro atoms. The number of hydrogen-bond donors (Lipinski definition) is 0. The minimum atomic E-state index is 0.235. The van der Waals surface area contributed by atoms with E-state index in [9.17, 15) is 4.79 Å². The lowest BCUT2D eigenvalue weighted by molar-refractivity contribution is 0.0664. The van der Waals surface area contributed by atoms with E-state index in [-0.39, 0.29) is 5.91 Å². The number of benzene rings is 3. The van der Waals surface area contributed by atoms with Crippen molar-refractivity contribution in [3.8, 4) is 0 Å². The molecule has 3 aromatic carbocycles. The average Bonchev–Trinajstić information content (AvgIpc) is 3.23. The zero-order chi connectivity index (χ0) is 24.5. The van der Waals surface area contributed by atoms with Crippen molar-refractivity contribution in [1.29, 1.82) is 0 Å². The maximum atomic E-state index is 13.0. The molecular weight excluding hydrogens is 426 g/mol. The van der Waals surface area contributed by atoms with E-state index in [1.807, 2.05) is 18.2 Å². The maximum absolute atomic E-state index is 13.0. The second kappa shape index (κ2) is 12.7. The molecule has 0 radical (unpaired) electrons. The molecule has 1 heterocycles. The van der Waals surface area contributed by atoms with Crippen molar-refractivity contribution in [2.75, 3.05) is 0 Å². The van der Waals surface area contributed by atoms with Crippen LogP contribution in [-0.4, -0.2) is 16.8 Å². The Kier molecular flexibility index (Phi) is 9.17. The number of fused-ring (bicyclic) bond motifs is 1. The van der Waals surface area contributed by atoms with Crippen molar-refractivity contribution in [2.45, 2.75) is 83.7 Å². The Morgan fingerprint density at radius 2 is 1.34 bits per heavy atom. The lowest BCUT2D eigenvalue weighted by Gasteiger charge is -2.30. The molecule has 3 aromatic rings.